The van der Waals surface area contributed by atoms with Gasteiger partial charge in [-0.1, -0.05) is 23.4 Å². The molecule has 0 fully saturated rings. The van der Waals surface area contributed by atoms with Gasteiger partial charge >= 0.3 is 5.97 Å². The lowest BCUT2D eigenvalue weighted by Crippen LogP contribution is -2.19. The van der Waals surface area contributed by atoms with E-state index >= 15 is 0 Å². The Kier molecular flexibility index (Phi) is 5.03. The molecule has 2 aromatic heterocycles. The average Bonchev–Trinajstić information content (AvgIpc) is 2.79. The van der Waals surface area contributed by atoms with Crippen molar-refractivity contribution in [3.8, 4) is 0 Å². The first-order valence-corrected chi connectivity index (χ1v) is 7.44. The fourth-order valence-electron chi connectivity index (χ4n) is 1.74. The average molecular weight is 329 g/mol. The first-order chi connectivity index (χ1) is 10.0. The van der Waals surface area contributed by atoms with E-state index in [4.69, 9.17) is 16.7 Å². The van der Waals surface area contributed by atoms with Gasteiger partial charge in [-0.05, 0) is 6.07 Å². The molecular weight excluding hydrogens is 316 g/mol. The predicted octanol–water partition coefficient (Wildman–Crippen LogP) is 1.40. The van der Waals surface area contributed by atoms with E-state index in [1.165, 1.54) is 6.20 Å². The third-order valence-electron chi connectivity index (χ3n) is 2.68. The van der Waals surface area contributed by atoms with Crippen molar-refractivity contribution < 1.29 is 14.7 Å². The Morgan fingerprint density at radius 3 is 2.95 bits per heavy atom. The summed E-state index contributed by atoms with van der Waals surface area (Å²) in [6, 6.07) is 1.66. The lowest BCUT2D eigenvalue weighted by Gasteiger charge is -2.06. The van der Waals surface area contributed by atoms with Crippen LogP contribution in [0.3, 0.4) is 0 Å². The highest BCUT2D eigenvalue weighted by molar-refractivity contribution is 7.99. The molecule has 0 unspecified atom stereocenters. The van der Waals surface area contributed by atoms with Crippen LogP contribution in [0.2, 0.25) is 5.02 Å². The maximum atomic E-state index is 11.4. The summed E-state index contributed by atoms with van der Waals surface area (Å²) in [5, 5.41) is 12.3. The molecule has 0 atom stereocenters. The number of hydrogen-bond donors (Lipinski definition) is 2. The molecule has 21 heavy (non-hydrogen) atoms. The van der Waals surface area contributed by atoms with Gasteiger partial charge in [0, 0.05) is 26.2 Å². The van der Waals surface area contributed by atoms with E-state index < -0.39 is 5.97 Å². The van der Waals surface area contributed by atoms with Gasteiger partial charge in [0.05, 0.1) is 10.8 Å². The third kappa shape index (κ3) is 3.85. The number of aliphatic carboxylic acids is 1. The van der Waals surface area contributed by atoms with Crippen molar-refractivity contribution in [3.63, 3.8) is 0 Å². The molecular formula is C12H13ClN4O3S. The van der Waals surface area contributed by atoms with E-state index in [1.54, 1.807) is 17.7 Å². The number of pyridine rings is 1. The number of carbonyl (C=O) groups excluding carboxylic acids is 1. The Bertz CT molecular complexity index is 688. The van der Waals surface area contributed by atoms with E-state index in [0.717, 1.165) is 11.8 Å². The van der Waals surface area contributed by atoms with Crippen LogP contribution in [-0.2, 0) is 16.1 Å². The highest BCUT2D eigenvalue weighted by Gasteiger charge is 2.15. The molecule has 9 heteroatoms. The largest absolute Gasteiger partial charge is 0.481 e. The molecule has 0 spiro atoms. The normalized spacial score (nSPS) is 10.8. The van der Waals surface area contributed by atoms with Gasteiger partial charge in [-0.15, -0.1) is 0 Å². The van der Waals surface area contributed by atoms with Crippen LogP contribution in [-0.4, -0.2) is 44.3 Å². The van der Waals surface area contributed by atoms with Crippen LogP contribution in [0.1, 0.15) is 6.42 Å². The van der Waals surface area contributed by atoms with Gasteiger partial charge in [-0.25, -0.2) is 9.97 Å². The van der Waals surface area contributed by atoms with Gasteiger partial charge < -0.3 is 15.0 Å². The number of nitrogens with zero attached hydrogens (tertiary/aromatic N) is 3. The monoisotopic (exact) mass is 328 g/mol. The molecule has 0 aromatic carbocycles. The smallest absolute Gasteiger partial charge is 0.313 e. The molecule has 0 aliphatic carbocycles. The summed E-state index contributed by atoms with van der Waals surface area (Å²) >= 11 is 6.96. The first kappa shape index (κ1) is 15.6. The highest BCUT2D eigenvalue weighted by atomic mass is 35.5. The molecule has 1 amide bonds. The van der Waals surface area contributed by atoms with Gasteiger partial charge in [-0.3, -0.25) is 9.59 Å². The van der Waals surface area contributed by atoms with E-state index in [-0.39, 0.29) is 18.1 Å². The van der Waals surface area contributed by atoms with Crippen molar-refractivity contribution in [3.05, 3.63) is 17.3 Å². The number of thioether (sulfide) groups is 1. The van der Waals surface area contributed by atoms with Crippen LogP contribution >= 0.6 is 23.4 Å². The molecule has 0 aliphatic heterocycles. The first-order valence-electron chi connectivity index (χ1n) is 6.08. The zero-order valence-corrected chi connectivity index (χ0v) is 12.7. The van der Waals surface area contributed by atoms with Gasteiger partial charge in [0.15, 0.2) is 10.8 Å². The van der Waals surface area contributed by atoms with E-state index in [1.807, 2.05) is 0 Å². The lowest BCUT2D eigenvalue weighted by atomic mass is 10.4. The van der Waals surface area contributed by atoms with Gasteiger partial charge in [0.2, 0.25) is 5.91 Å². The Morgan fingerprint density at radius 1 is 1.52 bits per heavy atom. The zero-order valence-electron chi connectivity index (χ0n) is 11.2. The number of imidazole rings is 1. The molecule has 0 saturated carbocycles. The SMILES string of the molecule is CNC(=O)CCn1c(SCC(=O)O)nc2cc(Cl)cnc21. The molecule has 2 rings (SSSR count). The lowest BCUT2D eigenvalue weighted by molar-refractivity contribution is -0.134. The molecule has 0 aliphatic rings. The quantitative estimate of drug-likeness (QED) is 0.778. The van der Waals surface area contributed by atoms with Gasteiger partial charge in [0.1, 0.15) is 5.52 Å². The molecule has 2 heterocycles. The Balaban J connectivity index is 2.34. The second-order valence-electron chi connectivity index (χ2n) is 4.15. The highest BCUT2D eigenvalue weighted by Crippen LogP contribution is 2.24. The van der Waals surface area contributed by atoms with Crippen molar-refractivity contribution in [1.29, 1.82) is 0 Å². The zero-order chi connectivity index (χ0) is 15.4. The van der Waals surface area contributed by atoms with E-state index in [9.17, 15) is 9.59 Å². The summed E-state index contributed by atoms with van der Waals surface area (Å²) < 4.78 is 1.73. The molecule has 2 N–H and O–H groups in total. The number of aromatic nitrogens is 3. The number of nitrogens with one attached hydrogen (secondary N) is 1. The van der Waals surface area contributed by atoms with Crippen molar-refractivity contribution in [1.82, 2.24) is 19.9 Å². The van der Waals surface area contributed by atoms with Crippen LogP contribution in [0.25, 0.3) is 11.2 Å². The molecule has 0 radical (unpaired) electrons. The maximum absolute atomic E-state index is 11.4. The second kappa shape index (κ2) is 6.77. The fraction of sp³-hybridized carbons (Fsp3) is 0.333. The molecule has 112 valence electrons. The topological polar surface area (TPSA) is 97.1 Å². The summed E-state index contributed by atoms with van der Waals surface area (Å²) in [6.07, 6.45) is 1.75. The molecule has 0 saturated heterocycles. The van der Waals surface area contributed by atoms with E-state index in [2.05, 4.69) is 15.3 Å². The minimum atomic E-state index is -0.934. The summed E-state index contributed by atoms with van der Waals surface area (Å²) in [7, 11) is 1.56. The fourth-order valence-corrected chi connectivity index (χ4v) is 2.64. The number of hydrogen-bond acceptors (Lipinski definition) is 5. The molecule has 2 aromatic rings. The van der Waals surface area contributed by atoms with Crippen LogP contribution in [0.15, 0.2) is 17.4 Å². The third-order valence-corrected chi connectivity index (χ3v) is 3.85. The number of fused-ring (bicyclic) bond motifs is 1. The minimum absolute atomic E-state index is 0.111. The Labute approximate surface area is 129 Å². The van der Waals surface area contributed by atoms with E-state index in [0.29, 0.717) is 27.9 Å². The summed E-state index contributed by atoms with van der Waals surface area (Å²) in [6.45, 7) is 0.368. The van der Waals surface area contributed by atoms with Crippen molar-refractivity contribution in [2.45, 2.75) is 18.1 Å². The van der Waals surface area contributed by atoms with Crippen LogP contribution in [0.4, 0.5) is 0 Å². The predicted molar refractivity (Wildman–Crippen MR) is 79.6 cm³/mol. The van der Waals surface area contributed by atoms with Crippen LogP contribution in [0.5, 0.6) is 0 Å². The van der Waals surface area contributed by atoms with Crippen LogP contribution < -0.4 is 5.32 Å². The molecule has 0 bridgehead atoms. The van der Waals surface area contributed by atoms with Crippen LogP contribution in [0, 0.1) is 0 Å². The number of carboxylic acid groups (broad SMARTS) is 1. The maximum Gasteiger partial charge on any atom is 0.313 e. The number of rotatable bonds is 6. The minimum Gasteiger partial charge on any atom is -0.481 e. The van der Waals surface area contributed by atoms with Gasteiger partial charge in [-0.2, -0.15) is 0 Å². The summed E-state index contributed by atoms with van der Waals surface area (Å²) in [4.78, 5) is 30.6. The summed E-state index contributed by atoms with van der Waals surface area (Å²) in [5.41, 5.74) is 1.16. The second-order valence-corrected chi connectivity index (χ2v) is 5.53. The summed E-state index contributed by atoms with van der Waals surface area (Å²) in [5.74, 6) is -1.16. The number of amides is 1. The Morgan fingerprint density at radius 2 is 2.29 bits per heavy atom. The standard InChI is InChI=1S/C12H13ClN4O3S/c1-14-9(18)2-3-17-11-8(4-7(13)5-15-11)16-12(17)21-6-10(19)20/h4-5H,2-3,6H2,1H3,(H,14,18)(H,19,20). The number of carbonyl (C=O) groups is 2. The Hall–Kier alpha value is -1.80. The van der Waals surface area contributed by atoms with Gasteiger partial charge in [0.25, 0.3) is 0 Å². The van der Waals surface area contributed by atoms with Crippen molar-refractivity contribution >= 4 is 46.4 Å². The number of carboxylic acids is 1. The molecule has 7 nitrogen and oxygen atoms in total. The van der Waals surface area contributed by atoms with Crippen molar-refractivity contribution in [2.24, 2.45) is 0 Å². The number of aryl methyl sites for hydroxylation is 1. The van der Waals surface area contributed by atoms with Crippen molar-refractivity contribution in [2.75, 3.05) is 12.8 Å². The number of halogens is 1.